The molecule has 0 spiro atoms. The number of aromatic amines is 1. The van der Waals surface area contributed by atoms with Crippen LogP contribution in [0, 0.1) is 0 Å². The van der Waals surface area contributed by atoms with Gasteiger partial charge in [0.2, 0.25) is 0 Å². The van der Waals surface area contributed by atoms with Gasteiger partial charge in [0.25, 0.3) is 0 Å². The summed E-state index contributed by atoms with van der Waals surface area (Å²) in [6.07, 6.45) is 0. The highest BCUT2D eigenvalue weighted by Gasteiger charge is 2.03. The maximum Gasteiger partial charge on any atom is 0.0780 e. The molecule has 1 heterocycles. The molecule has 0 radical (unpaired) electrons. The Morgan fingerprint density at radius 1 is 0.947 bits per heavy atom. The summed E-state index contributed by atoms with van der Waals surface area (Å²) < 4.78 is 0. The number of nitrogens with one attached hydrogen (secondary N) is 1. The number of rotatable bonds is 3. The van der Waals surface area contributed by atoms with E-state index in [-0.39, 0.29) is 0 Å². The lowest BCUT2D eigenvalue weighted by atomic mass is 10.0. The summed E-state index contributed by atoms with van der Waals surface area (Å²) in [5.41, 5.74) is 2.59. The minimum atomic E-state index is 0.590. The normalized spacial score (nSPS) is 11.3. The number of benzene rings is 2. The maximum atomic E-state index is 3.44. The Hall–Kier alpha value is -1.67. The second kappa shape index (κ2) is 5.14. The van der Waals surface area contributed by atoms with Crippen LogP contribution in [-0.4, -0.2) is 4.98 Å². The molecule has 3 aromatic rings. The van der Waals surface area contributed by atoms with Gasteiger partial charge in [-0.1, -0.05) is 55.9 Å². The van der Waals surface area contributed by atoms with Gasteiger partial charge in [0, 0.05) is 15.8 Å². The van der Waals surface area contributed by atoms with E-state index in [0.29, 0.717) is 5.92 Å². The molecule has 0 aliphatic carbocycles. The fourth-order valence-corrected chi connectivity index (χ4v) is 3.02. The van der Waals surface area contributed by atoms with Crippen molar-refractivity contribution in [2.24, 2.45) is 0 Å². The predicted molar refractivity (Wildman–Crippen MR) is 83.0 cm³/mol. The van der Waals surface area contributed by atoms with Crippen LogP contribution in [-0.2, 0) is 0 Å². The van der Waals surface area contributed by atoms with E-state index in [1.807, 2.05) is 0 Å². The van der Waals surface area contributed by atoms with Gasteiger partial charge in [-0.3, -0.25) is 0 Å². The first-order chi connectivity index (χ1) is 9.22. The standard InChI is InChI=1S/C17H17NS/c1-12(2)13-7-9-15(10-8-13)19-17-11-14-5-3-4-6-16(14)18-17/h3-12,18H,1-2H3. The minimum Gasteiger partial charge on any atom is -0.349 e. The van der Waals surface area contributed by atoms with Crippen molar-refractivity contribution in [3.05, 3.63) is 60.2 Å². The van der Waals surface area contributed by atoms with Gasteiger partial charge in [-0.25, -0.2) is 0 Å². The van der Waals surface area contributed by atoms with E-state index in [0.717, 1.165) is 0 Å². The zero-order valence-electron chi connectivity index (χ0n) is 11.2. The second-order valence-corrected chi connectivity index (χ2v) is 6.16. The summed E-state index contributed by atoms with van der Waals surface area (Å²) in [5, 5.41) is 2.46. The molecule has 0 saturated carbocycles. The van der Waals surface area contributed by atoms with E-state index in [9.17, 15) is 0 Å². The van der Waals surface area contributed by atoms with Crippen LogP contribution in [0.1, 0.15) is 25.3 Å². The van der Waals surface area contributed by atoms with Gasteiger partial charge in [0.15, 0.2) is 0 Å². The van der Waals surface area contributed by atoms with Crippen LogP contribution in [0.2, 0.25) is 0 Å². The summed E-state index contributed by atoms with van der Waals surface area (Å²) >= 11 is 1.78. The maximum absolute atomic E-state index is 3.44. The smallest absolute Gasteiger partial charge is 0.0780 e. The molecule has 1 aromatic heterocycles. The molecule has 96 valence electrons. The van der Waals surface area contributed by atoms with Gasteiger partial charge < -0.3 is 4.98 Å². The number of fused-ring (bicyclic) bond motifs is 1. The molecule has 0 aliphatic heterocycles. The molecule has 19 heavy (non-hydrogen) atoms. The Labute approximate surface area is 118 Å². The first-order valence-electron chi connectivity index (χ1n) is 6.58. The lowest BCUT2D eigenvalue weighted by Gasteiger charge is -2.05. The molecule has 0 fully saturated rings. The molecule has 1 N–H and O–H groups in total. The molecule has 0 bridgehead atoms. The number of aromatic nitrogens is 1. The van der Waals surface area contributed by atoms with Crippen molar-refractivity contribution in [3.8, 4) is 0 Å². The van der Waals surface area contributed by atoms with Gasteiger partial charge in [-0.15, -0.1) is 0 Å². The van der Waals surface area contributed by atoms with Crippen molar-refractivity contribution in [2.45, 2.75) is 29.7 Å². The number of para-hydroxylation sites is 1. The SMILES string of the molecule is CC(C)c1ccc(Sc2cc3ccccc3[nH]2)cc1. The lowest BCUT2D eigenvalue weighted by molar-refractivity contribution is 0.865. The lowest BCUT2D eigenvalue weighted by Crippen LogP contribution is -1.85. The van der Waals surface area contributed by atoms with E-state index in [1.54, 1.807) is 11.8 Å². The predicted octanol–water partition coefficient (Wildman–Crippen LogP) is 5.44. The van der Waals surface area contributed by atoms with E-state index in [2.05, 4.69) is 73.4 Å². The van der Waals surface area contributed by atoms with E-state index in [4.69, 9.17) is 0 Å². The van der Waals surface area contributed by atoms with Crippen molar-refractivity contribution in [3.63, 3.8) is 0 Å². The molecule has 0 aliphatic rings. The Balaban J connectivity index is 1.84. The van der Waals surface area contributed by atoms with Gasteiger partial charge in [0.1, 0.15) is 0 Å². The zero-order chi connectivity index (χ0) is 13.2. The monoisotopic (exact) mass is 267 g/mol. The van der Waals surface area contributed by atoms with Crippen molar-refractivity contribution in [2.75, 3.05) is 0 Å². The Morgan fingerprint density at radius 2 is 1.68 bits per heavy atom. The third-order valence-corrected chi connectivity index (χ3v) is 4.23. The van der Waals surface area contributed by atoms with Crippen molar-refractivity contribution >= 4 is 22.7 Å². The molecule has 0 atom stereocenters. The molecule has 0 amide bonds. The summed E-state index contributed by atoms with van der Waals surface area (Å²) in [6, 6.07) is 19.4. The molecule has 3 rings (SSSR count). The summed E-state index contributed by atoms with van der Waals surface area (Å²) in [7, 11) is 0. The Morgan fingerprint density at radius 3 is 2.37 bits per heavy atom. The van der Waals surface area contributed by atoms with Crippen LogP contribution >= 0.6 is 11.8 Å². The van der Waals surface area contributed by atoms with Crippen LogP contribution in [0.25, 0.3) is 10.9 Å². The summed E-state index contributed by atoms with van der Waals surface area (Å²) in [4.78, 5) is 4.72. The fraction of sp³-hybridized carbons (Fsp3) is 0.176. The number of H-pyrrole nitrogens is 1. The average Bonchev–Trinajstić information content (AvgIpc) is 2.81. The first kappa shape index (κ1) is 12.4. The van der Waals surface area contributed by atoms with Gasteiger partial charge >= 0.3 is 0 Å². The van der Waals surface area contributed by atoms with Crippen LogP contribution in [0.4, 0.5) is 0 Å². The van der Waals surface area contributed by atoms with Gasteiger partial charge in [-0.05, 0) is 35.7 Å². The minimum absolute atomic E-state index is 0.590. The Bertz CT molecular complexity index is 647. The first-order valence-corrected chi connectivity index (χ1v) is 7.39. The molecular weight excluding hydrogens is 250 g/mol. The van der Waals surface area contributed by atoms with E-state index in [1.165, 1.54) is 26.4 Å². The van der Waals surface area contributed by atoms with E-state index >= 15 is 0 Å². The fourth-order valence-electron chi connectivity index (χ4n) is 2.15. The number of hydrogen-bond acceptors (Lipinski definition) is 1. The third-order valence-electron chi connectivity index (χ3n) is 3.28. The average molecular weight is 267 g/mol. The quantitative estimate of drug-likeness (QED) is 0.668. The van der Waals surface area contributed by atoms with Gasteiger partial charge in [0.05, 0.1) is 5.03 Å². The topological polar surface area (TPSA) is 15.8 Å². The highest BCUT2D eigenvalue weighted by molar-refractivity contribution is 7.99. The molecule has 0 unspecified atom stereocenters. The van der Waals surface area contributed by atoms with Crippen molar-refractivity contribution in [1.82, 2.24) is 4.98 Å². The summed E-state index contributed by atoms with van der Waals surface area (Å²) in [5.74, 6) is 0.590. The molecule has 2 aromatic carbocycles. The van der Waals surface area contributed by atoms with Crippen molar-refractivity contribution < 1.29 is 0 Å². The molecular formula is C17H17NS. The summed E-state index contributed by atoms with van der Waals surface area (Å²) in [6.45, 7) is 4.44. The highest BCUT2D eigenvalue weighted by Crippen LogP contribution is 2.30. The van der Waals surface area contributed by atoms with E-state index < -0.39 is 0 Å². The van der Waals surface area contributed by atoms with Crippen LogP contribution < -0.4 is 0 Å². The molecule has 2 heteroatoms. The zero-order valence-corrected chi connectivity index (χ0v) is 12.0. The van der Waals surface area contributed by atoms with Crippen LogP contribution in [0.15, 0.2) is 64.5 Å². The van der Waals surface area contributed by atoms with Gasteiger partial charge in [-0.2, -0.15) is 0 Å². The second-order valence-electron chi connectivity index (χ2n) is 5.05. The Kier molecular flexibility index (Phi) is 3.34. The van der Waals surface area contributed by atoms with Crippen LogP contribution in [0.5, 0.6) is 0 Å². The molecule has 0 saturated heterocycles. The molecule has 1 nitrogen and oxygen atoms in total. The third kappa shape index (κ3) is 2.69. The largest absolute Gasteiger partial charge is 0.349 e. The van der Waals surface area contributed by atoms with Crippen molar-refractivity contribution in [1.29, 1.82) is 0 Å². The highest BCUT2D eigenvalue weighted by atomic mass is 32.2. The van der Waals surface area contributed by atoms with Crippen LogP contribution in [0.3, 0.4) is 0 Å². The number of hydrogen-bond donors (Lipinski definition) is 1.